The molecule has 0 saturated carbocycles. The first-order valence-corrected chi connectivity index (χ1v) is 14.6. The van der Waals surface area contributed by atoms with Gasteiger partial charge in [-0.1, -0.05) is 50.2 Å². The average molecular weight is 538 g/mol. The minimum atomic E-state index is -3.57. The Bertz CT molecular complexity index is 1370. The van der Waals surface area contributed by atoms with E-state index in [1.54, 1.807) is 6.07 Å². The van der Waals surface area contributed by atoms with Gasteiger partial charge in [0.1, 0.15) is 18.9 Å². The predicted molar refractivity (Wildman–Crippen MR) is 153 cm³/mol. The van der Waals surface area contributed by atoms with Gasteiger partial charge < -0.3 is 19.2 Å². The zero-order chi connectivity index (χ0) is 27.9. The zero-order valence-corrected chi connectivity index (χ0v) is 24.4. The van der Waals surface area contributed by atoms with Crippen molar-refractivity contribution in [3.8, 4) is 5.75 Å². The maximum atomic E-state index is 13.3. The van der Waals surface area contributed by atoms with Crippen molar-refractivity contribution in [1.29, 1.82) is 0 Å². The highest BCUT2D eigenvalue weighted by Gasteiger charge is 2.45. The SMILES string of the molecule is CN(C)c1ccc2c(c1)[C@H](c1ccc(OCc3ccc(C[N+](C)(C)C)cc3)cc1)[C@H](O)C(C)(C)CS2(=O)=O. The number of sulfone groups is 1. The summed E-state index contributed by atoms with van der Waals surface area (Å²) < 4.78 is 33.6. The lowest BCUT2D eigenvalue weighted by Gasteiger charge is -2.33. The number of fused-ring (bicyclic) bond motifs is 1. The Morgan fingerprint density at radius 3 is 2.13 bits per heavy atom. The van der Waals surface area contributed by atoms with Crippen LogP contribution in [0.15, 0.2) is 71.6 Å². The lowest BCUT2D eigenvalue weighted by Crippen LogP contribution is -2.38. The van der Waals surface area contributed by atoms with Crippen molar-refractivity contribution in [1.82, 2.24) is 0 Å². The first-order valence-electron chi connectivity index (χ1n) is 13.0. The summed E-state index contributed by atoms with van der Waals surface area (Å²) in [6.45, 7) is 5.07. The fourth-order valence-electron chi connectivity index (χ4n) is 5.20. The third kappa shape index (κ3) is 6.22. The summed E-state index contributed by atoms with van der Waals surface area (Å²) in [4.78, 5) is 2.24. The van der Waals surface area contributed by atoms with Gasteiger partial charge in [0, 0.05) is 36.7 Å². The van der Waals surface area contributed by atoms with E-state index in [9.17, 15) is 13.5 Å². The van der Waals surface area contributed by atoms with Crippen molar-refractivity contribution in [3.63, 3.8) is 0 Å². The van der Waals surface area contributed by atoms with Crippen LogP contribution >= 0.6 is 0 Å². The molecule has 0 aromatic heterocycles. The summed E-state index contributed by atoms with van der Waals surface area (Å²) in [6, 6.07) is 21.6. The molecule has 38 heavy (non-hydrogen) atoms. The predicted octanol–water partition coefficient (Wildman–Crippen LogP) is 4.84. The van der Waals surface area contributed by atoms with E-state index in [-0.39, 0.29) is 5.75 Å². The van der Waals surface area contributed by atoms with Crippen LogP contribution in [0.5, 0.6) is 5.75 Å². The van der Waals surface area contributed by atoms with Crippen molar-refractivity contribution in [2.45, 2.75) is 43.9 Å². The second-order valence-electron chi connectivity index (χ2n) is 12.4. The Morgan fingerprint density at radius 1 is 0.947 bits per heavy atom. The molecule has 2 atom stereocenters. The minimum Gasteiger partial charge on any atom is -0.489 e. The Hall–Kier alpha value is -2.87. The number of rotatable bonds is 7. The van der Waals surface area contributed by atoms with Crippen LogP contribution in [0, 0.1) is 5.41 Å². The summed E-state index contributed by atoms with van der Waals surface area (Å²) in [7, 11) is 6.80. The molecule has 3 aromatic carbocycles. The molecular weight excluding hydrogens is 496 g/mol. The van der Waals surface area contributed by atoms with E-state index >= 15 is 0 Å². The van der Waals surface area contributed by atoms with Crippen LogP contribution in [-0.2, 0) is 23.0 Å². The van der Waals surface area contributed by atoms with Gasteiger partial charge in [-0.15, -0.1) is 0 Å². The van der Waals surface area contributed by atoms with E-state index in [1.807, 2.05) is 69.2 Å². The van der Waals surface area contributed by atoms with Gasteiger partial charge in [0.05, 0.1) is 37.9 Å². The molecule has 6 nitrogen and oxygen atoms in total. The van der Waals surface area contributed by atoms with E-state index in [2.05, 4.69) is 45.4 Å². The van der Waals surface area contributed by atoms with Gasteiger partial charge in [-0.05, 0) is 47.0 Å². The van der Waals surface area contributed by atoms with Gasteiger partial charge in [-0.25, -0.2) is 8.42 Å². The standard InChI is InChI=1S/C31H41N2O4S/c1-31(2)21-38(35,36)28-17-14-25(32(3)4)18-27(28)29(30(31)34)24-12-15-26(16-13-24)37-20-23-10-8-22(9-11-23)19-33(5,6)7/h8-18,29-30,34H,19-21H2,1-7H3/q+1/t29-,30-/m0/s1. The smallest absolute Gasteiger partial charge is 0.179 e. The van der Waals surface area contributed by atoms with E-state index in [1.165, 1.54) is 5.56 Å². The molecule has 1 aliphatic rings. The molecule has 0 unspecified atom stereocenters. The lowest BCUT2D eigenvalue weighted by molar-refractivity contribution is -0.884. The molecule has 0 aliphatic carbocycles. The second kappa shape index (κ2) is 10.4. The molecule has 0 bridgehead atoms. The summed E-state index contributed by atoms with van der Waals surface area (Å²) in [5.74, 6) is 0.127. The van der Waals surface area contributed by atoms with Crippen LogP contribution in [0.4, 0.5) is 5.69 Å². The highest BCUT2D eigenvalue weighted by molar-refractivity contribution is 7.91. The molecule has 3 aromatic rings. The first-order chi connectivity index (χ1) is 17.7. The van der Waals surface area contributed by atoms with E-state index < -0.39 is 27.3 Å². The highest BCUT2D eigenvalue weighted by atomic mass is 32.2. The van der Waals surface area contributed by atoms with Gasteiger partial charge in [-0.2, -0.15) is 0 Å². The summed E-state index contributed by atoms with van der Waals surface area (Å²) in [5, 5.41) is 11.5. The number of benzene rings is 3. The van der Waals surface area contributed by atoms with Gasteiger partial charge in [-0.3, -0.25) is 0 Å². The van der Waals surface area contributed by atoms with Crippen LogP contribution in [0.1, 0.15) is 42.0 Å². The van der Waals surface area contributed by atoms with Crippen molar-refractivity contribution in [3.05, 3.63) is 89.0 Å². The molecule has 4 rings (SSSR count). The maximum absolute atomic E-state index is 13.3. The average Bonchev–Trinajstić information content (AvgIpc) is 2.88. The molecule has 1 heterocycles. The lowest BCUT2D eigenvalue weighted by atomic mass is 9.75. The van der Waals surface area contributed by atoms with Gasteiger partial charge >= 0.3 is 0 Å². The van der Waals surface area contributed by atoms with Crippen LogP contribution in [0.25, 0.3) is 0 Å². The third-order valence-corrected chi connectivity index (χ3v) is 9.35. The quantitative estimate of drug-likeness (QED) is 0.437. The number of aliphatic hydroxyl groups excluding tert-OH is 1. The van der Waals surface area contributed by atoms with Crippen molar-refractivity contribution in [2.24, 2.45) is 5.41 Å². The second-order valence-corrected chi connectivity index (χ2v) is 14.4. The van der Waals surface area contributed by atoms with E-state index in [0.29, 0.717) is 17.1 Å². The van der Waals surface area contributed by atoms with Crippen LogP contribution in [0.3, 0.4) is 0 Å². The minimum absolute atomic E-state index is 0.110. The molecule has 0 fully saturated rings. The molecule has 1 N–H and O–H groups in total. The number of aliphatic hydroxyl groups is 1. The van der Waals surface area contributed by atoms with Crippen LogP contribution in [0.2, 0.25) is 0 Å². The molecule has 7 heteroatoms. The van der Waals surface area contributed by atoms with E-state index in [0.717, 1.165) is 33.6 Å². The topological polar surface area (TPSA) is 66.8 Å². The van der Waals surface area contributed by atoms with Gasteiger partial charge in [0.15, 0.2) is 9.84 Å². The first kappa shape index (κ1) is 28.1. The Kier molecular flexibility index (Phi) is 7.67. The summed E-state index contributed by atoms with van der Waals surface area (Å²) in [6.07, 6.45) is -0.882. The molecule has 0 saturated heterocycles. The number of anilines is 1. The van der Waals surface area contributed by atoms with E-state index in [4.69, 9.17) is 4.74 Å². The highest BCUT2D eigenvalue weighted by Crippen LogP contribution is 2.45. The van der Waals surface area contributed by atoms with Crippen LogP contribution < -0.4 is 9.64 Å². The molecular formula is C31H41N2O4S+. The number of hydrogen-bond donors (Lipinski definition) is 1. The number of hydrogen-bond acceptors (Lipinski definition) is 5. The number of ether oxygens (including phenoxy) is 1. The monoisotopic (exact) mass is 537 g/mol. The van der Waals surface area contributed by atoms with Gasteiger partial charge in [0.25, 0.3) is 0 Å². The van der Waals surface area contributed by atoms with Gasteiger partial charge in [0.2, 0.25) is 0 Å². The normalized spacial score (nSPS) is 20.3. The summed E-state index contributed by atoms with van der Waals surface area (Å²) >= 11 is 0. The van der Waals surface area contributed by atoms with Crippen molar-refractivity contribution >= 4 is 15.5 Å². The molecule has 0 radical (unpaired) electrons. The van der Waals surface area contributed by atoms with Crippen LogP contribution in [-0.4, -0.2) is 65.1 Å². The Balaban J connectivity index is 1.60. The largest absolute Gasteiger partial charge is 0.489 e. The molecule has 204 valence electrons. The molecule has 0 amide bonds. The Morgan fingerprint density at radius 2 is 1.55 bits per heavy atom. The zero-order valence-electron chi connectivity index (χ0n) is 23.6. The van der Waals surface area contributed by atoms with Crippen molar-refractivity contribution < 1.29 is 22.7 Å². The molecule has 0 spiro atoms. The maximum Gasteiger partial charge on any atom is 0.179 e. The third-order valence-electron chi connectivity index (χ3n) is 7.18. The summed E-state index contributed by atoms with van der Waals surface area (Å²) in [5.41, 5.74) is 3.94. The fourth-order valence-corrected chi connectivity index (χ4v) is 7.33. The Labute approximate surface area is 228 Å². The van der Waals surface area contributed by atoms with Crippen molar-refractivity contribution in [2.75, 3.05) is 45.9 Å². The number of nitrogens with zero attached hydrogens (tertiary/aromatic N) is 2. The molecule has 1 aliphatic heterocycles. The fraction of sp³-hybridized carbons (Fsp3) is 0.419. The number of quaternary nitrogens is 1.